The summed E-state index contributed by atoms with van der Waals surface area (Å²) in [4.78, 5) is 0. The van der Waals surface area contributed by atoms with Crippen LogP contribution >= 0.6 is 0 Å². The highest BCUT2D eigenvalue weighted by atomic mass is 16.5. The van der Waals surface area contributed by atoms with Crippen LogP contribution in [0.4, 0.5) is 0 Å². The van der Waals surface area contributed by atoms with E-state index in [1.807, 2.05) is 10.9 Å². The SMILES string of the molecule is CCCn1ncc(OC)c1CCCNCCOC. The molecule has 0 aliphatic heterocycles. The molecule has 0 atom stereocenters. The monoisotopic (exact) mass is 255 g/mol. The van der Waals surface area contributed by atoms with Crippen LogP contribution in [0.25, 0.3) is 0 Å². The molecule has 0 aromatic carbocycles. The molecule has 0 aliphatic rings. The fourth-order valence-corrected chi connectivity index (χ4v) is 1.90. The molecule has 18 heavy (non-hydrogen) atoms. The Kier molecular flexibility index (Phi) is 7.44. The molecular formula is C13H25N3O2. The Bertz CT molecular complexity index is 326. The summed E-state index contributed by atoms with van der Waals surface area (Å²) in [7, 11) is 3.42. The fraction of sp³-hybridized carbons (Fsp3) is 0.769. The first kappa shape index (κ1) is 15.0. The van der Waals surface area contributed by atoms with Gasteiger partial charge in [-0.1, -0.05) is 6.92 Å². The topological polar surface area (TPSA) is 48.3 Å². The van der Waals surface area contributed by atoms with Gasteiger partial charge in [0.2, 0.25) is 0 Å². The van der Waals surface area contributed by atoms with E-state index >= 15 is 0 Å². The van der Waals surface area contributed by atoms with Crippen molar-refractivity contribution in [2.75, 3.05) is 33.9 Å². The maximum atomic E-state index is 5.34. The third-order valence-corrected chi connectivity index (χ3v) is 2.82. The van der Waals surface area contributed by atoms with Crippen LogP contribution in [0.3, 0.4) is 0 Å². The van der Waals surface area contributed by atoms with Gasteiger partial charge < -0.3 is 14.8 Å². The second kappa shape index (κ2) is 8.94. The molecule has 5 nitrogen and oxygen atoms in total. The van der Waals surface area contributed by atoms with Crippen molar-refractivity contribution in [1.29, 1.82) is 0 Å². The normalized spacial score (nSPS) is 10.8. The second-order valence-corrected chi connectivity index (χ2v) is 4.23. The number of aromatic nitrogens is 2. The van der Waals surface area contributed by atoms with Gasteiger partial charge in [-0.2, -0.15) is 5.10 Å². The Hall–Kier alpha value is -1.07. The smallest absolute Gasteiger partial charge is 0.159 e. The lowest BCUT2D eigenvalue weighted by atomic mass is 10.2. The van der Waals surface area contributed by atoms with Gasteiger partial charge in [0, 0.05) is 20.2 Å². The molecule has 0 bridgehead atoms. The van der Waals surface area contributed by atoms with Crippen molar-refractivity contribution in [1.82, 2.24) is 15.1 Å². The Morgan fingerprint density at radius 3 is 2.83 bits per heavy atom. The summed E-state index contributed by atoms with van der Waals surface area (Å²) in [6.45, 7) is 5.77. The van der Waals surface area contributed by atoms with Gasteiger partial charge in [0.15, 0.2) is 5.75 Å². The summed E-state index contributed by atoms with van der Waals surface area (Å²) in [5, 5.41) is 7.70. The number of ether oxygens (including phenoxy) is 2. The zero-order chi connectivity index (χ0) is 13.2. The van der Waals surface area contributed by atoms with Gasteiger partial charge in [0.25, 0.3) is 0 Å². The van der Waals surface area contributed by atoms with Crippen LogP contribution in [0.5, 0.6) is 5.75 Å². The van der Waals surface area contributed by atoms with Crippen LogP contribution in [0, 0.1) is 0 Å². The number of nitrogens with zero attached hydrogens (tertiary/aromatic N) is 2. The van der Waals surface area contributed by atoms with Crippen molar-refractivity contribution < 1.29 is 9.47 Å². The molecule has 1 aromatic rings. The van der Waals surface area contributed by atoms with Crippen LogP contribution in [-0.4, -0.2) is 43.7 Å². The number of aryl methyl sites for hydroxylation is 1. The third kappa shape index (κ3) is 4.66. The summed E-state index contributed by atoms with van der Waals surface area (Å²) in [6, 6.07) is 0. The first-order valence-corrected chi connectivity index (χ1v) is 6.61. The predicted molar refractivity (Wildman–Crippen MR) is 72.1 cm³/mol. The number of methoxy groups -OCH3 is 2. The first-order chi connectivity index (χ1) is 8.83. The van der Waals surface area contributed by atoms with Crippen molar-refractivity contribution in [3.05, 3.63) is 11.9 Å². The van der Waals surface area contributed by atoms with E-state index in [4.69, 9.17) is 9.47 Å². The van der Waals surface area contributed by atoms with Gasteiger partial charge in [-0.15, -0.1) is 0 Å². The van der Waals surface area contributed by atoms with E-state index in [0.717, 1.165) is 51.3 Å². The molecule has 1 rings (SSSR count). The van der Waals surface area contributed by atoms with Crippen LogP contribution in [-0.2, 0) is 17.7 Å². The zero-order valence-electron chi connectivity index (χ0n) is 11.7. The van der Waals surface area contributed by atoms with Crippen LogP contribution in [0.15, 0.2) is 6.20 Å². The van der Waals surface area contributed by atoms with Gasteiger partial charge in [0.05, 0.1) is 25.6 Å². The number of nitrogens with one attached hydrogen (secondary N) is 1. The highest BCUT2D eigenvalue weighted by Gasteiger charge is 2.10. The lowest BCUT2D eigenvalue weighted by molar-refractivity contribution is 0.199. The number of rotatable bonds is 10. The van der Waals surface area contributed by atoms with Crippen molar-refractivity contribution in [2.45, 2.75) is 32.7 Å². The van der Waals surface area contributed by atoms with E-state index in [0.29, 0.717) is 0 Å². The minimum absolute atomic E-state index is 0.761. The maximum Gasteiger partial charge on any atom is 0.159 e. The van der Waals surface area contributed by atoms with E-state index in [1.54, 1.807) is 14.2 Å². The number of hydrogen-bond acceptors (Lipinski definition) is 4. The van der Waals surface area contributed by atoms with Crippen LogP contribution in [0.1, 0.15) is 25.5 Å². The summed E-state index contributed by atoms with van der Waals surface area (Å²) in [5.74, 6) is 0.903. The molecule has 104 valence electrons. The van der Waals surface area contributed by atoms with Gasteiger partial charge in [0.1, 0.15) is 0 Å². The lowest BCUT2D eigenvalue weighted by Crippen LogP contribution is -2.21. The highest BCUT2D eigenvalue weighted by molar-refractivity contribution is 5.25. The van der Waals surface area contributed by atoms with Crippen molar-refractivity contribution in [2.24, 2.45) is 0 Å². The minimum atomic E-state index is 0.761. The molecule has 0 amide bonds. The van der Waals surface area contributed by atoms with Crippen molar-refractivity contribution >= 4 is 0 Å². The molecule has 1 N–H and O–H groups in total. The van der Waals surface area contributed by atoms with E-state index in [9.17, 15) is 0 Å². The third-order valence-electron chi connectivity index (χ3n) is 2.82. The Morgan fingerprint density at radius 1 is 1.33 bits per heavy atom. The Balaban J connectivity index is 2.37. The zero-order valence-corrected chi connectivity index (χ0v) is 11.7. The molecule has 5 heteroatoms. The molecule has 1 heterocycles. The van der Waals surface area contributed by atoms with Gasteiger partial charge in [-0.25, -0.2) is 0 Å². The van der Waals surface area contributed by atoms with E-state index in [1.165, 1.54) is 5.69 Å². The molecule has 0 radical (unpaired) electrons. The molecule has 0 aliphatic carbocycles. The van der Waals surface area contributed by atoms with Gasteiger partial charge in [-0.3, -0.25) is 4.68 Å². The quantitative estimate of drug-likeness (QED) is 0.643. The van der Waals surface area contributed by atoms with Crippen molar-refractivity contribution in [3.63, 3.8) is 0 Å². The average Bonchev–Trinajstić information content (AvgIpc) is 2.76. The second-order valence-electron chi connectivity index (χ2n) is 4.23. The molecule has 0 spiro atoms. The lowest BCUT2D eigenvalue weighted by Gasteiger charge is -2.08. The predicted octanol–water partition coefficient (Wildman–Crippen LogP) is 1.47. The molecule has 0 saturated carbocycles. The van der Waals surface area contributed by atoms with E-state index in [-0.39, 0.29) is 0 Å². The first-order valence-electron chi connectivity index (χ1n) is 6.61. The van der Waals surface area contributed by atoms with E-state index in [2.05, 4.69) is 17.3 Å². The van der Waals surface area contributed by atoms with Crippen LogP contribution in [0.2, 0.25) is 0 Å². The Morgan fingerprint density at radius 2 is 2.17 bits per heavy atom. The molecule has 0 unspecified atom stereocenters. The fourth-order valence-electron chi connectivity index (χ4n) is 1.90. The van der Waals surface area contributed by atoms with E-state index < -0.39 is 0 Å². The molecular weight excluding hydrogens is 230 g/mol. The summed E-state index contributed by atoms with van der Waals surface area (Å²) < 4.78 is 12.4. The largest absolute Gasteiger partial charge is 0.493 e. The van der Waals surface area contributed by atoms with Crippen molar-refractivity contribution in [3.8, 4) is 5.75 Å². The standard InChI is InChI=1S/C13H25N3O2/c1-4-9-16-12(13(18-3)11-15-16)6-5-7-14-8-10-17-2/h11,14H,4-10H2,1-3H3. The Labute approximate surface area is 109 Å². The molecule has 1 aromatic heterocycles. The van der Waals surface area contributed by atoms with Gasteiger partial charge >= 0.3 is 0 Å². The van der Waals surface area contributed by atoms with Crippen LogP contribution < -0.4 is 10.1 Å². The molecule has 0 fully saturated rings. The maximum absolute atomic E-state index is 5.34. The average molecular weight is 255 g/mol. The minimum Gasteiger partial charge on any atom is -0.493 e. The number of hydrogen-bond donors (Lipinski definition) is 1. The summed E-state index contributed by atoms with van der Waals surface area (Å²) in [6.07, 6.45) is 4.96. The molecule has 0 saturated heterocycles. The van der Waals surface area contributed by atoms with Gasteiger partial charge in [-0.05, 0) is 25.8 Å². The summed E-state index contributed by atoms with van der Waals surface area (Å²) in [5.41, 5.74) is 1.20. The highest BCUT2D eigenvalue weighted by Crippen LogP contribution is 2.19. The summed E-state index contributed by atoms with van der Waals surface area (Å²) >= 11 is 0.